The van der Waals surface area contributed by atoms with Gasteiger partial charge in [0.15, 0.2) is 5.78 Å². The number of unbranched alkanes of at least 4 members (excludes halogenated alkanes) is 1. The molecule has 0 heterocycles. The Balaban J connectivity index is 3.06. The van der Waals surface area contributed by atoms with E-state index in [0.717, 1.165) is 5.75 Å². The summed E-state index contributed by atoms with van der Waals surface area (Å²) in [7, 11) is 3.64. The zero-order chi connectivity index (χ0) is 9.94. The Labute approximate surface area is 88.4 Å². The molecule has 0 aromatic rings. The monoisotopic (exact) mass is 219 g/mol. The molecule has 0 saturated heterocycles. The Bertz CT molecular complexity index is 151. The summed E-state index contributed by atoms with van der Waals surface area (Å²) in [4.78, 5) is 14.5. The van der Waals surface area contributed by atoms with Crippen molar-refractivity contribution in [1.29, 1.82) is 0 Å². The second-order valence-corrected chi connectivity index (χ2v) is 5.37. The average Bonchev–Trinajstić information content (AvgIpc) is 2.11. The van der Waals surface area contributed by atoms with Crippen LogP contribution < -0.4 is 0 Å². The number of ketones is 1. The van der Waals surface area contributed by atoms with Gasteiger partial charge in [-0.05, 0) is 13.1 Å². The van der Waals surface area contributed by atoms with Gasteiger partial charge in [0.05, 0.1) is 6.54 Å². The van der Waals surface area contributed by atoms with Crippen molar-refractivity contribution in [2.45, 2.75) is 26.2 Å². The molecule has 0 aliphatic rings. The van der Waals surface area contributed by atoms with Gasteiger partial charge in [-0.2, -0.15) is 0 Å². The molecular weight excluding hydrogens is 202 g/mol. The summed E-state index contributed by atoms with van der Waals surface area (Å²) >= 11 is 0. The lowest BCUT2D eigenvalue weighted by molar-refractivity contribution is -0.117. The van der Waals surface area contributed by atoms with E-state index in [-0.39, 0.29) is 12.3 Å². The van der Waals surface area contributed by atoms with Crippen LogP contribution in [0.15, 0.2) is 4.99 Å². The molecule has 0 rings (SSSR count). The standard InChI is InChI=1S/C9H17NOS2/c1-3-4-6-12-13-7-5-9(11)8-10-2/h2-8H2,1H3. The molecule has 0 aliphatic carbocycles. The van der Waals surface area contributed by atoms with Gasteiger partial charge in [-0.15, -0.1) is 0 Å². The molecule has 0 aromatic heterocycles. The van der Waals surface area contributed by atoms with E-state index in [4.69, 9.17) is 0 Å². The van der Waals surface area contributed by atoms with E-state index in [9.17, 15) is 4.79 Å². The predicted octanol–water partition coefficient (Wildman–Crippen LogP) is 2.83. The molecule has 0 amide bonds. The number of Topliss-reactive ketones (excluding diaryl/α,β-unsaturated/α-hetero) is 1. The molecule has 0 radical (unpaired) electrons. The highest BCUT2D eigenvalue weighted by Gasteiger charge is 1.99. The van der Waals surface area contributed by atoms with Crippen LogP contribution in [0.4, 0.5) is 0 Å². The van der Waals surface area contributed by atoms with Crippen molar-refractivity contribution in [1.82, 2.24) is 0 Å². The molecule has 0 atom stereocenters. The Morgan fingerprint density at radius 1 is 1.38 bits per heavy atom. The lowest BCUT2D eigenvalue weighted by atomic mass is 10.3. The third kappa shape index (κ3) is 9.96. The van der Waals surface area contributed by atoms with Gasteiger partial charge in [0.1, 0.15) is 0 Å². The number of rotatable bonds is 9. The summed E-state index contributed by atoms with van der Waals surface area (Å²) in [6.45, 7) is 5.75. The summed E-state index contributed by atoms with van der Waals surface area (Å²) in [6, 6.07) is 0. The first kappa shape index (κ1) is 13.0. The van der Waals surface area contributed by atoms with Gasteiger partial charge in [-0.1, -0.05) is 34.9 Å². The van der Waals surface area contributed by atoms with Gasteiger partial charge in [0.25, 0.3) is 0 Å². The van der Waals surface area contributed by atoms with E-state index in [2.05, 4.69) is 18.6 Å². The molecule has 0 aromatic carbocycles. The smallest absolute Gasteiger partial charge is 0.155 e. The third-order valence-corrected chi connectivity index (χ3v) is 3.91. The summed E-state index contributed by atoms with van der Waals surface area (Å²) < 4.78 is 0. The molecule has 0 bridgehead atoms. The Morgan fingerprint density at radius 2 is 2.08 bits per heavy atom. The fourth-order valence-electron chi connectivity index (χ4n) is 0.680. The van der Waals surface area contributed by atoms with E-state index in [1.807, 2.05) is 10.8 Å². The normalized spacial score (nSPS) is 9.92. The number of hydrogen-bond donors (Lipinski definition) is 0. The topological polar surface area (TPSA) is 29.4 Å². The highest BCUT2D eigenvalue weighted by atomic mass is 33.1. The van der Waals surface area contributed by atoms with E-state index >= 15 is 0 Å². The maximum absolute atomic E-state index is 11.0. The molecule has 0 saturated carbocycles. The molecule has 0 unspecified atom stereocenters. The number of hydrogen-bond acceptors (Lipinski definition) is 4. The van der Waals surface area contributed by atoms with Crippen molar-refractivity contribution in [3.63, 3.8) is 0 Å². The first-order valence-corrected chi connectivity index (χ1v) is 6.98. The van der Waals surface area contributed by atoms with Crippen LogP contribution in [0, 0.1) is 0 Å². The van der Waals surface area contributed by atoms with Crippen LogP contribution in [-0.4, -0.2) is 30.6 Å². The van der Waals surface area contributed by atoms with Crippen molar-refractivity contribution in [3.8, 4) is 0 Å². The van der Waals surface area contributed by atoms with Crippen molar-refractivity contribution < 1.29 is 4.79 Å². The summed E-state index contributed by atoms with van der Waals surface area (Å²) in [6.07, 6.45) is 3.13. The van der Waals surface area contributed by atoms with Crippen LogP contribution in [0.1, 0.15) is 26.2 Å². The minimum atomic E-state index is 0.193. The lowest BCUT2D eigenvalue weighted by Crippen LogP contribution is -2.02. The molecular formula is C9H17NOS2. The van der Waals surface area contributed by atoms with Gasteiger partial charge in [-0.25, -0.2) is 0 Å². The van der Waals surface area contributed by atoms with Gasteiger partial charge < -0.3 is 0 Å². The van der Waals surface area contributed by atoms with Crippen molar-refractivity contribution in [2.24, 2.45) is 4.99 Å². The minimum Gasteiger partial charge on any atom is -0.298 e. The zero-order valence-corrected chi connectivity index (χ0v) is 9.75. The van der Waals surface area contributed by atoms with E-state index < -0.39 is 0 Å². The van der Waals surface area contributed by atoms with Crippen LogP contribution in [0.2, 0.25) is 0 Å². The minimum absolute atomic E-state index is 0.193. The fraction of sp³-hybridized carbons (Fsp3) is 0.778. The molecule has 4 heteroatoms. The Morgan fingerprint density at radius 3 is 2.69 bits per heavy atom. The van der Waals surface area contributed by atoms with Crippen LogP contribution in [0.25, 0.3) is 0 Å². The quantitative estimate of drug-likeness (QED) is 0.339. The van der Waals surface area contributed by atoms with Crippen LogP contribution in [0.3, 0.4) is 0 Å². The maximum atomic E-state index is 11.0. The third-order valence-electron chi connectivity index (χ3n) is 1.42. The van der Waals surface area contributed by atoms with E-state index in [1.54, 1.807) is 10.8 Å². The maximum Gasteiger partial charge on any atom is 0.155 e. The summed E-state index contributed by atoms with van der Waals surface area (Å²) in [5.74, 6) is 2.29. The largest absolute Gasteiger partial charge is 0.298 e. The molecule has 0 fully saturated rings. The molecule has 0 spiro atoms. The molecule has 76 valence electrons. The van der Waals surface area contributed by atoms with Crippen molar-refractivity contribution in [3.05, 3.63) is 0 Å². The van der Waals surface area contributed by atoms with Gasteiger partial charge in [0.2, 0.25) is 0 Å². The van der Waals surface area contributed by atoms with Crippen LogP contribution in [-0.2, 0) is 4.79 Å². The van der Waals surface area contributed by atoms with Crippen molar-refractivity contribution >= 4 is 34.1 Å². The zero-order valence-electron chi connectivity index (χ0n) is 8.12. The first-order chi connectivity index (χ1) is 6.31. The van der Waals surface area contributed by atoms with Crippen molar-refractivity contribution in [2.75, 3.05) is 18.1 Å². The first-order valence-electron chi connectivity index (χ1n) is 4.49. The van der Waals surface area contributed by atoms with Gasteiger partial charge in [-0.3, -0.25) is 9.79 Å². The van der Waals surface area contributed by atoms with E-state index in [0.29, 0.717) is 6.42 Å². The highest BCUT2D eigenvalue weighted by Crippen LogP contribution is 2.23. The molecule has 2 nitrogen and oxygen atoms in total. The molecule has 13 heavy (non-hydrogen) atoms. The fourth-order valence-corrected chi connectivity index (χ4v) is 2.94. The molecule has 0 N–H and O–H groups in total. The number of nitrogens with zero attached hydrogens (tertiary/aromatic N) is 1. The van der Waals surface area contributed by atoms with Crippen LogP contribution in [0.5, 0.6) is 0 Å². The van der Waals surface area contributed by atoms with Crippen LogP contribution >= 0.6 is 21.6 Å². The number of carbonyl (C=O) groups is 1. The second-order valence-electron chi connectivity index (χ2n) is 2.67. The lowest BCUT2D eigenvalue weighted by Gasteiger charge is -1.98. The number of carbonyl (C=O) groups excluding carboxylic acids is 1. The highest BCUT2D eigenvalue weighted by molar-refractivity contribution is 8.76. The Hall–Kier alpha value is 0.0400. The summed E-state index contributed by atoms with van der Waals surface area (Å²) in [5, 5.41) is 0. The number of aliphatic imine (C=N–C) groups is 1. The van der Waals surface area contributed by atoms with Gasteiger partial charge >= 0.3 is 0 Å². The Kier molecular flexibility index (Phi) is 10.2. The van der Waals surface area contributed by atoms with E-state index in [1.165, 1.54) is 18.6 Å². The summed E-state index contributed by atoms with van der Waals surface area (Å²) in [5.41, 5.74) is 0. The average molecular weight is 219 g/mol. The van der Waals surface area contributed by atoms with Gasteiger partial charge in [0, 0.05) is 17.9 Å². The molecule has 0 aliphatic heterocycles. The SMILES string of the molecule is C=NCC(=O)CCSSCCCC. The second kappa shape index (κ2) is 10.1. The predicted molar refractivity (Wildman–Crippen MR) is 63.9 cm³/mol.